The standard InChI is InChI=1S/C16H19FN2O2/c1-11-3-2-8-18(10-11)14-9-15(20)19(16(14)21)13-6-4-12(17)5-7-13/h4-7,11,14H,2-3,8-10H2,1H3/p+1/t11-,14-/m1/s1. The average Bonchev–Trinajstić information content (AvgIpc) is 2.75. The van der Waals surface area contributed by atoms with Crippen LogP contribution in [0.4, 0.5) is 10.1 Å². The summed E-state index contributed by atoms with van der Waals surface area (Å²) < 4.78 is 13.0. The first-order chi connectivity index (χ1) is 10.1. The van der Waals surface area contributed by atoms with Gasteiger partial charge in [0.15, 0.2) is 6.04 Å². The van der Waals surface area contributed by atoms with Crippen LogP contribution in [0.3, 0.4) is 0 Å². The summed E-state index contributed by atoms with van der Waals surface area (Å²) in [6.45, 7) is 4.09. The van der Waals surface area contributed by atoms with Gasteiger partial charge in [0.25, 0.3) is 5.91 Å². The number of halogens is 1. The molecule has 21 heavy (non-hydrogen) atoms. The number of nitrogens with zero attached hydrogens (tertiary/aromatic N) is 1. The summed E-state index contributed by atoms with van der Waals surface area (Å²) in [5.74, 6) is -0.0977. The van der Waals surface area contributed by atoms with Gasteiger partial charge in [0.2, 0.25) is 5.91 Å². The van der Waals surface area contributed by atoms with Gasteiger partial charge in [-0.2, -0.15) is 0 Å². The maximum Gasteiger partial charge on any atom is 0.292 e. The number of piperidine rings is 1. The molecular weight excluding hydrogens is 271 g/mol. The fourth-order valence-electron chi connectivity index (χ4n) is 3.46. The smallest absolute Gasteiger partial charge is 0.292 e. The Morgan fingerprint density at radius 1 is 1.24 bits per heavy atom. The van der Waals surface area contributed by atoms with E-state index in [1.807, 2.05) is 0 Å². The van der Waals surface area contributed by atoms with E-state index in [2.05, 4.69) is 6.92 Å². The zero-order valence-electron chi connectivity index (χ0n) is 12.1. The predicted octanol–water partition coefficient (Wildman–Crippen LogP) is 0.772. The topological polar surface area (TPSA) is 41.8 Å². The minimum Gasteiger partial charge on any atom is -0.324 e. The number of quaternary nitrogens is 1. The van der Waals surface area contributed by atoms with E-state index >= 15 is 0 Å². The summed E-state index contributed by atoms with van der Waals surface area (Å²) in [5.41, 5.74) is 0.471. The van der Waals surface area contributed by atoms with Crippen LogP contribution in [0.25, 0.3) is 0 Å². The van der Waals surface area contributed by atoms with Crippen LogP contribution in [0.15, 0.2) is 24.3 Å². The van der Waals surface area contributed by atoms with Crippen LogP contribution < -0.4 is 9.80 Å². The predicted molar refractivity (Wildman–Crippen MR) is 76.4 cm³/mol. The maximum atomic E-state index is 13.0. The van der Waals surface area contributed by atoms with Crippen molar-refractivity contribution in [2.45, 2.75) is 32.2 Å². The number of benzene rings is 1. The van der Waals surface area contributed by atoms with E-state index in [1.54, 1.807) is 0 Å². The van der Waals surface area contributed by atoms with Gasteiger partial charge in [-0.25, -0.2) is 9.29 Å². The molecule has 0 aliphatic carbocycles. The van der Waals surface area contributed by atoms with Crippen molar-refractivity contribution in [3.05, 3.63) is 30.1 Å². The average molecular weight is 291 g/mol. The van der Waals surface area contributed by atoms with Crippen LogP contribution in [-0.4, -0.2) is 30.9 Å². The molecule has 1 N–H and O–H groups in total. The zero-order chi connectivity index (χ0) is 15.0. The van der Waals surface area contributed by atoms with Gasteiger partial charge < -0.3 is 4.90 Å². The van der Waals surface area contributed by atoms with Gasteiger partial charge in [-0.1, -0.05) is 6.92 Å². The number of nitrogens with one attached hydrogen (secondary N) is 1. The molecule has 112 valence electrons. The Morgan fingerprint density at radius 2 is 1.95 bits per heavy atom. The van der Waals surface area contributed by atoms with Gasteiger partial charge in [0.1, 0.15) is 5.82 Å². The molecule has 2 amide bonds. The monoisotopic (exact) mass is 291 g/mol. The molecule has 1 aromatic rings. The molecule has 2 heterocycles. The van der Waals surface area contributed by atoms with Crippen LogP contribution in [0.5, 0.6) is 0 Å². The number of amides is 2. The van der Waals surface area contributed by atoms with Crippen molar-refractivity contribution in [2.75, 3.05) is 18.0 Å². The third-order valence-corrected chi connectivity index (χ3v) is 4.53. The number of imide groups is 1. The third kappa shape index (κ3) is 2.70. The lowest BCUT2D eigenvalue weighted by Crippen LogP contribution is -3.18. The van der Waals surface area contributed by atoms with Crippen molar-refractivity contribution in [2.24, 2.45) is 5.92 Å². The zero-order valence-corrected chi connectivity index (χ0v) is 12.1. The van der Waals surface area contributed by atoms with Crippen LogP contribution in [0.1, 0.15) is 26.2 Å². The van der Waals surface area contributed by atoms with Crippen LogP contribution in [0.2, 0.25) is 0 Å². The number of hydrogen-bond acceptors (Lipinski definition) is 2. The van der Waals surface area contributed by atoms with E-state index in [0.717, 1.165) is 19.5 Å². The lowest BCUT2D eigenvalue weighted by atomic mass is 9.98. The molecule has 2 fully saturated rings. The number of rotatable bonds is 2. The van der Waals surface area contributed by atoms with E-state index in [-0.39, 0.29) is 30.1 Å². The molecule has 4 nitrogen and oxygen atoms in total. The fourth-order valence-corrected chi connectivity index (χ4v) is 3.46. The molecule has 0 bridgehead atoms. The van der Waals surface area contributed by atoms with E-state index in [0.29, 0.717) is 11.6 Å². The molecule has 3 rings (SSSR count). The largest absolute Gasteiger partial charge is 0.324 e. The molecule has 0 spiro atoms. The Labute approximate surface area is 123 Å². The Kier molecular flexibility index (Phi) is 3.76. The Balaban J connectivity index is 1.80. The molecule has 5 heteroatoms. The van der Waals surface area contributed by atoms with Gasteiger partial charge in [-0.3, -0.25) is 9.59 Å². The Morgan fingerprint density at radius 3 is 2.62 bits per heavy atom. The second-order valence-corrected chi connectivity index (χ2v) is 6.16. The van der Waals surface area contributed by atoms with E-state index in [9.17, 15) is 14.0 Å². The van der Waals surface area contributed by atoms with E-state index in [1.165, 1.54) is 40.5 Å². The highest BCUT2D eigenvalue weighted by molar-refractivity contribution is 6.21. The highest BCUT2D eigenvalue weighted by Gasteiger charge is 2.46. The molecule has 2 aliphatic heterocycles. The van der Waals surface area contributed by atoms with Gasteiger partial charge >= 0.3 is 0 Å². The summed E-state index contributed by atoms with van der Waals surface area (Å²) in [7, 11) is 0. The lowest BCUT2D eigenvalue weighted by Gasteiger charge is -2.31. The molecule has 0 saturated carbocycles. The van der Waals surface area contributed by atoms with Crippen molar-refractivity contribution in [3.8, 4) is 0 Å². The molecule has 0 radical (unpaired) electrons. The van der Waals surface area contributed by atoms with Crippen molar-refractivity contribution < 1.29 is 18.9 Å². The molecule has 0 aromatic heterocycles. The molecule has 1 aromatic carbocycles. The Hall–Kier alpha value is -1.75. The van der Waals surface area contributed by atoms with Gasteiger partial charge in [0, 0.05) is 5.92 Å². The van der Waals surface area contributed by atoms with Crippen molar-refractivity contribution in [3.63, 3.8) is 0 Å². The quantitative estimate of drug-likeness (QED) is 0.818. The molecule has 1 unspecified atom stereocenters. The van der Waals surface area contributed by atoms with Gasteiger partial charge in [0.05, 0.1) is 25.2 Å². The lowest BCUT2D eigenvalue weighted by molar-refractivity contribution is -0.923. The van der Waals surface area contributed by atoms with Crippen molar-refractivity contribution in [1.82, 2.24) is 0 Å². The van der Waals surface area contributed by atoms with Gasteiger partial charge in [-0.15, -0.1) is 0 Å². The molecule has 2 saturated heterocycles. The van der Waals surface area contributed by atoms with Gasteiger partial charge in [-0.05, 0) is 37.1 Å². The van der Waals surface area contributed by atoms with Crippen molar-refractivity contribution in [1.29, 1.82) is 0 Å². The van der Waals surface area contributed by atoms with E-state index < -0.39 is 0 Å². The third-order valence-electron chi connectivity index (χ3n) is 4.53. The number of hydrogen-bond donors (Lipinski definition) is 1. The fraction of sp³-hybridized carbons (Fsp3) is 0.500. The number of likely N-dealkylation sites (tertiary alicyclic amines) is 1. The SMILES string of the molecule is C[C@@H]1CCC[NH+]([C@@H]2CC(=O)N(c3ccc(F)cc3)C2=O)C1. The van der Waals surface area contributed by atoms with Crippen LogP contribution in [0, 0.1) is 11.7 Å². The normalized spacial score (nSPS) is 30.0. The summed E-state index contributed by atoms with van der Waals surface area (Å²) >= 11 is 0. The molecule has 3 atom stereocenters. The first-order valence-corrected chi connectivity index (χ1v) is 7.53. The second-order valence-electron chi connectivity index (χ2n) is 6.16. The van der Waals surface area contributed by atoms with Crippen molar-refractivity contribution >= 4 is 17.5 Å². The van der Waals surface area contributed by atoms with Crippen LogP contribution >= 0.6 is 0 Å². The Bertz CT molecular complexity index is 558. The first-order valence-electron chi connectivity index (χ1n) is 7.53. The molecular formula is C16H20FN2O2+. The maximum absolute atomic E-state index is 13.0. The summed E-state index contributed by atoms with van der Waals surface area (Å²) in [6.07, 6.45) is 2.56. The summed E-state index contributed by atoms with van der Waals surface area (Å²) in [5, 5.41) is 0. The highest BCUT2D eigenvalue weighted by Crippen LogP contribution is 2.22. The summed E-state index contributed by atoms with van der Waals surface area (Å²) in [4.78, 5) is 27.2. The number of carbonyl (C=O) groups is 2. The second kappa shape index (κ2) is 5.56. The first kappa shape index (κ1) is 14.2. The van der Waals surface area contributed by atoms with Crippen LogP contribution in [-0.2, 0) is 9.59 Å². The highest BCUT2D eigenvalue weighted by atomic mass is 19.1. The molecule has 2 aliphatic rings. The number of anilines is 1. The minimum atomic E-state index is -0.370. The van der Waals surface area contributed by atoms with E-state index in [4.69, 9.17) is 0 Å². The summed E-state index contributed by atoms with van der Waals surface area (Å²) in [6, 6.07) is 5.26. The number of carbonyl (C=O) groups excluding carboxylic acids is 2. The minimum absolute atomic E-state index is 0.143.